The molecule has 0 amide bonds. The lowest BCUT2D eigenvalue weighted by Crippen LogP contribution is -2.50. The van der Waals surface area contributed by atoms with Crippen LogP contribution in [0.1, 0.15) is 20.8 Å². The summed E-state index contributed by atoms with van der Waals surface area (Å²) in [6, 6.07) is 14.0. The standard InChI is InChI=1S/C18H23N5Si/c1-4-24(5-2,6-3)23(15-10-8-7-9-11-15)18-16-17(21-14-22-18)20-13-12-19-16/h7-14H,4-6H2,1-3H3. The Balaban J connectivity index is 2.28. The van der Waals surface area contributed by atoms with Gasteiger partial charge in [-0.05, 0) is 30.3 Å². The molecule has 0 aliphatic rings. The Kier molecular flexibility index (Phi) is 4.85. The summed E-state index contributed by atoms with van der Waals surface area (Å²) >= 11 is 0. The van der Waals surface area contributed by atoms with Crippen molar-refractivity contribution in [2.24, 2.45) is 0 Å². The van der Waals surface area contributed by atoms with E-state index in [0.717, 1.165) is 29.5 Å². The molecule has 0 spiro atoms. The molecule has 0 aliphatic carbocycles. The third kappa shape index (κ3) is 2.77. The molecule has 124 valence electrons. The van der Waals surface area contributed by atoms with Crippen LogP contribution in [0.25, 0.3) is 11.2 Å². The first-order valence-corrected chi connectivity index (χ1v) is 11.1. The van der Waals surface area contributed by atoms with E-state index in [2.05, 4.69) is 69.5 Å². The second kappa shape index (κ2) is 7.05. The van der Waals surface area contributed by atoms with E-state index in [1.807, 2.05) is 6.07 Å². The van der Waals surface area contributed by atoms with Crippen molar-refractivity contribution in [2.75, 3.05) is 4.57 Å². The van der Waals surface area contributed by atoms with Crippen molar-refractivity contribution >= 4 is 30.9 Å². The van der Waals surface area contributed by atoms with Crippen LogP contribution in [0.15, 0.2) is 49.1 Å². The van der Waals surface area contributed by atoms with Gasteiger partial charge in [-0.1, -0.05) is 39.0 Å². The van der Waals surface area contributed by atoms with Gasteiger partial charge in [0.15, 0.2) is 19.7 Å². The number of rotatable bonds is 6. The van der Waals surface area contributed by atoms with Crippen LogP contribution >= 0.6 is 0 Å². The van der Waals surface area contributed by atoms with E-state index in [1.54, 1.807) is 18.7 Å². The quantitative estimate of drug-likeness (QED) is 0.617. The summed E-state index contributed by atoms with van der Waals surface area (Å²) in [6.45, 7) is 6.89. The average Bonchev–Trinajstić information content (AvgIpc) is 2.67. The topological polar surface area (TPSA) is 54.8 Å². The molecule has 0 unspecified atom stereocenters. The predicted octanol–water partition coefficient (Wildman–Crippen LogP) is 4.56. The molecule has 0 aliphatic heterocycles. The first kappa shape index (κ1) is 16.5. The van der Waals surface area contributed by atoms with Crippen LogP contribution in [0.5, 0.6) is 0 Å². The highest BCUT2D eigenvalue weighted by Crippen LogP contribution is 2.38. The van der Waals surface area contributed by atoms with Crippen LogP contribution < -0.4 is 4.57 Å². The van der Waals surface area contributed by atoms with E-state index >= 15 is 0 Å². The maximum Gasteiger partial charge on any atom is 0.183 e. The molecule has 0 bridgehead atoms. The molecule has 0 saturated heterocycles. The number of fused-ring (bicyclic) bond motifs is 1. The molecule has 5 nitrogen and oxygen atoms in total. The summed E-state index contributed by atoms with van der Waals surface area (Å²) < 4.78 is 2.46. The Morgan fingerprint density at radius 3 is 2.17 bits per heavy atom. The monoisotopic (exact) mass is 337 g/mol. The molecule has 1 aromatic carbocycles. The fraction of sp³-hybridized carbons (Fsp3) is 0.333. The number of hydrogen-bond donors (Lipinski definition) is 0. The maximum absolute atomic E-state index is 4.64. The Labute approximate surface area is 143 Å². The van der Waals surface area contributed by atoms with Gasteiger partial charge in [-0.15, -0.1) is 0 Å². The third-order valence-corrected chi connectivity index (χ3v) is 10.3. The average molecular weight is 338 g/mol. The van der Waals surface area contributed by atoms with Gasteiger partial charge in [0.2, 0.25) is 0 Å². The molecule has 0 radical (unpaired) electrons. The van der Waals surface area contributed by atoms with Crippen molar-refractivity contribution in [2.45, 2.75) is 38.9 Å². The highest BCUT2D eigenvalue weighted by Gasteiger charge is 2.38. The van der Waals surface area contributed by atoms with Gasteiger partial charge in [-0.3, -0.25) is 0 Å². The number of benzene rings is 1. The zero-order valence-electron chi connectivity index (χ0n) is 14.5. The third-order valence-electron chi connectivity index (χ3n) is 4.93. The van der Waals surface area contributed by atoms with E-state index in [0.29, 0.717) is 5.65 Å². The molecule has 6 heteroatoms. The number of aromatic nitrogens is 4. The first-order chi connectivity index (χ1) is 11.8. The molecule has 24 heavy (non-hydrogen) atoms. The lowest BCUT2D eigenvalue weighted by molar-refractivity contribution is 1.06. The number of hydrogen-bond acceptors (Lipinski definition) is 5. The Morgan fingerprint density at radius 2 is 1.50 bits per heavy atom. The van der Waals surface area contributed by atoms with E-state index in [1.165, 1.54) is 5.69 Å². The molecule has 2 aromatic heterocycles. The lowest BCUT2D eigenvalue weighted by atomic mass is 10.3. The summed E-state index contributed by atoms with van der Waals surface area (Å²) in [5.74, 6) is 0.886. The molecule has 0 N–H and O–H groups in total. The Bertz CT molecular complexity index is 791. The minimum atomic E-state index is -1.77. The van der Waals surface area contributed by atoms with E-state index < -0.39 is 8.24 Å². The van der Waals surface area contributed by atoms with Crippen molar-refractivity contribution < 1.29 is 0 Å². The second-order valence-corrected chi connectivity index (χ2v) is 10.9. The molecule has 0 fully saturated rings. The van der Waals surface area contributed by atoms with E-state index in [-0.39, 0.29) is 0 Å². The zero-order chi connectivity index (χ0) is 17.0. The number of para-hydroxylation sites is 1. The maximum atomic E-state index is 4.64. The summed E-state index contributed by atoms with van der Waals surface area (Å²) in [7, 11) is -1.77. The van der Waals surface area contributed by atoms with Crippen LogP contribution in [0.3, 0.4) is 0 Å². The highest BCUT2D eigenvalue weighted by molar-refractivity contribution is 6.84. The minimum Gasteiger partial charge on any atom is -0.352 e. The van der Waals surface area contributed by atoms with Gasteiger partial charge in [0.1, 0.15) is 11.8 Å². The minimum absolute atomic E-state index is 0.648. The van der Waals surface area contributed by atoms with Crippen LogP contribution in [0.4, 0.5) is 11.5 Å². The molecule has 0 saturated carbocycles. The Hall–Kier alpha value is -2.34. The molecule has 0 atom stereocenters. The Morgan fingerprint density at radius 1 is 0.833 bits per heavy atom. The van der Waals surface area contributed by atoms with Crippen molar-refractivity contribution in [3.8, 4) is 0 Å². The van der Waals surface area contributed by atoms with Gasteiger partial charge >= 0.3 is 0 Å². The number of nitrogens with zero attached hydrogens (tertiary/aromatic N) is 5. The van der Waals surface area contributed by atoms with Crippen molar-refractivity contribution in [1.29, 1.82) is 0 Å². The smallest absolute Gasteiger partial charge is 0.183 e. The first-order valence-electron chi connectivity index (χ1n) is 8.52. The SMILES string of the molecule is CC[Si](CC)(CC)N(c1ccccc1)c1ncnc2nccnc12. The van der Waals surface area contributed by atoms with Gasteiger partial charge in [0, 0.05) is 18.1 Å². The van der Waals surface area contributed by atoms with Crippen molar-refractivity contribution in [1.82, 2.24) is 19.9 Å². The van der Waals surface area contributed by atoms with Gasteiger partial charge in [-0.25, -0.2) is 19.9 Å². The zero-order valence-corrected chi connectivity index (χ0v) is 15.5. The molecular weight excluding hydrogens is 314 g/mol. The van der Waals surface area contributed by atoms with Gasteiger partial charge in [-0.2, -0.15) is 0 Å². The fourth-order valence-electron chi connectivity index (χ4n) is 3.37. The van der Waals surface area contributed by atoms with Crippen molar-refractivity contribution in [3.05, 3.63) is 49.1 Å². The summed E-state index contributed by atoms with van der Waals surface area (Å²) in [4.78, 5) is 17.8. The summed E-state index contributed by atoms with van der Waals surface area (Å²) in [5, 5.41) is 0. The van der Waals surface area contributed by atoms with Crippen LogP contribution in [-0.4, -0.2) is 28.2 Å². The van der Waals surface area contributed by atoms with E-state index in [9.17, 15) is 0 Å². The van der Waals surface area contributed by atoms with E-state index in [4.69, 9.17) is 0 Å². The van der Waals surface area contributed by atoms with Crippen LogP contribution in [-0.2, 0) is 0 Å². The number of anilines is 2. The molecule has 3 aromatic rings. The van der Waals surface area contributed by atoms with Gasteiger partial charge in [0.05, 0.1) is 0 Å². The second-order valence-electron chi connectivity index (χ2n) is 5.88. The normalized spacial score (nSPS) is 11.6. The molecular formula is C18H23N5Si. The van der Waals surface area contributed by atoms with Gasteiger partial charge < -0.3 is 4.57 Å². The fourth-order valence-corrected chi connectivity index (χ4v) is 7.13. The summed E-state index contributed by atoms with van der Waals surface area (Å²) in [6.07, 6.45) is 4.99. The van der Waals surface area contributed by atoms with Crippen LogP contribution in [0, 0.1) is 0 Å². The highest BCUT2D eigenvalue weighted by atomic mass is 28.3. The molecule has 3 rings (SSSR count). The predicted molar refractivity (Wildman–Crippen MR) is 101 cm³/mol. The molecule has 2 heterocycles. The summed E-state index contributed by atoms with van der Waals surface area (Å²) in [5.41, 5.74) is 2.60. The van der Waals surface area contributed by atoms with Crippen LogP contribution in [0.2, 0.25) is 18.1 Å². The van der Waals surface area contributed by atoms with Gasteiger partial charge in [0.25, 0.3) is 0 Å². The lowest BCUT2D eigenvalue weighted by Gasteiger charge is -2.41. The largest absolute Gasteiger partial charge is 0.352 e. The van der Waals surface area contributed by atoms with Crippen molar-refractivity contribution in [3.63, 3.8) is 0 Å².